The van der Waals surface area contributed by atoms with Crippen molar-refractivity contribution in [3.8, 4) is 0 Å². The number of azide groups is 1. The van der Waals surface area contributed by atoms with E-state index < -0.39 is 57.2 Å². The van der Waals surface area contributed by atoms with Gasteiger partial charge in [0.2, 0.25) is 5.79 Å². The molecule has 0 aromatic carbocycles. The first-order chi connectivity index (χ1) is 11.5. The molecule has 25 heavy (non-hydrogen) atoms. The van der Waals surface area contributed by atoms with Gasteiger partial charge in [0.1, 0.15) is 24.9 Å². The Labute approximate surface area is 142 Å². The van der Waals surface area contributed by atoms with Crippen molar-refractivity contribution >= 4 is 20.7 Å². The van der Waals surface area contributed by atoms with Crippen LogP contribution in [0.4, 0.5) is 0 Å². The highest BCUT2D eigenvalue weighted by molar-refractivity contribution is 7.84. The summed E-state index contributed by atoms with van der Waals surface area (Å²) in [7, 11) is -8.67. The average Bonchev–Trinajstić information content (AvgIpc) is 2.95. The van der Waals surface area contributed by atoms with Gasteiger partial charge >= 0.3 is 20.7 Å². The molecular weight excluding hydrogens is 388 g/mol. The molecule has 1 N–H and O–H groups in total. The van der Waals surface area contributed by atoms with Crippen LogP contribution < -0.4 is 4.83 Å². The van der Waals surface area contributed by atoms with Gasteiger partial charge in [0.15, 0.2) is 5.79 Å². The molecule has 0 aromatic heterocycles. The normalized spacial score (nSPS) is 38.4. The van der Waals surface area contributed by atoms with Crippen molar-refractivity contribution in [3.05, 3.63) is 10.4 Å². The molecule has 3 saturated heterocycles. The highest BCUT2D eigenvalue weighted by atomic mass is 32.3. The predicted molar refractivity (Wildman–Crippen MR) is 74.5 cm³/mol. The lowest BCUT2D eigenvalue weighted by Crippen LogP contribution is -2.60. The maximum absolute atomic E-state index is 11.6. The molecule has 3 aliphatic heterocycles. The van der Waals surface area contributed by atoms with E-state index >= 15 is 0 Å². The summed E-state index contributed by atoms with van der Waals surface area (Å²) in [4.78, 5) is 3.69. The van der Waals surface area contributed by atoms with Crippen LogP contribution in [0.15, 0.2) is 5.22 Å². The summed E-state index contributed by atoms with van der Waals surface area (Å²) in [6.07, 6.45) is -3.25. The molecule has 0 spiro atoms. The molecule has 3 rings (SSSR count). The molecule has 0 radical (unpaired) electrons. The molecule has 0 unspecified atom stereocenters. The minimum absolute atomic E-state index is 0.271. The van der Waals surface area contributed by atoms with Gasteiger partial charge in [0, 0.05) is 0 Å². The lowest BCUT2D eigenvalue weighted by atomic mass is 9.98. The van der Waals surface area contributed by atoms with E-state index in [1.54, 1.807) is 0 Å². The van der Waals surface area contributed by atoms with Crippen molar-refractivity contribution in [2.24, 2.45) is 5.22 Å². The lowest BCUT2D eigenvalue weighted by molar-refractivity contribution is -0.290. The first kappa shape index (κ1) is 18.6. The molecule has 0 aromatic rings. The molecule has 0 aliphatic carbocycles. The van der Waals surface area contributed by atoms with Gasteiger partial charge < -0.3 is 14.2 Å². The molecular formula is C9H14N4O10S2. The minimum Gasteiger partial charge on any atom is -0.343 e. The number of nitrogens with one attached hydrogen (secondary N) is 1. The number of nitrogens with zero attached hydrogens (tertiary/aromatic N) is 3. The Balaban J connectivity index is 1.84. The van der Waals surface area contributed by atoms with E-state index in [1.807, 2.05) is 0 Å². The third kappa shape index (κ3) is 3.67. The van der Waals surface area contributed by atoms with E-state index in [0.717, 1.165) is 0 Å². The molecule has 0 saturated carbocycles. The van der Waals surface area contributed by atoms with Gasteiger partial charge in [0.25, 0.3) is 0 Å². The van der Waals surface area contributed by atoms with E-state index in [2.05, 4.69) is 14.3 Å². The van der Waals surface area contributed by atoms with Gasteiger partial charge in [-0.05, 0) is 19.1 Å². The van der Waals surface area contributed by atoms with E-state index in [-0.39, 0.29) is 6.61 Å². The third-order valence-corrected chi connectivity index (χ3v) is 5.18. The minimum atomic E-state index is -4.45. The zero-order valence-corrected chi connectivity index (χ0v) is 14.5. The summed E-state index contributed by atoms with van der Waals surface area (Å²) in [5.74, 6) is -3.03. The average molecular weight is 402 g/mol. The summed E-state index contributed by atoms with van der Waals surface area (Å²) < 4.78 is 77.2. The van der Waals surface area contributed by atoms with Gasteiger partial charge in [-0.25, -0.2) is 12.5 Å². The fraction of sp³-hybridized carbons (Fsp3) is 1.00. The molecule has 4 atom stereocenters. The van der Waals surface area contributed by atoms with Crippen molar-refractivity contribution in [2.75, 3.05) is 13.2 Å². The van der Waals surface area contributed by atoms with Gasteiger partial charge in [-0.3, -0.25) is 0 Å². The Hall–Kier alpha value is -1.23. The standard InChI is InChI=1S/C9H14N4O10S2/c1-8(2)20-7-6-5(21-25(16,17)22-6)3-18-9(7,23-8)4-19-24(14,15)13-12-11-10/h5-7,13H,3-4H2,1-2H3/t5-,6-,7+,9+/m1/s1. The van der Waals surface area contributed by atoms with Crippen LogP contribution in [0.5, 0.6) is 0 Å². The second-order valence-corrected chi connectivity index (χ2v) is 8.29. The Bertz CT molecular complexity index is 806. The number of hydrogen-bond donors (Lipinski definition) is 1. The molecule has 3 heterocycles. The van der Waals surface area contributed by atoms with E-state index in [4.69, 9.17) is 28.1 Å². The summed E-state index contributed by atoms with van der Waals surface area (Å²) in [5.41, 5.74) is 8.14. The Morgan fingerprint density at radius 1 is 1.40 bits per heavy atom. The van der Waals surface area contributed by atoms with Crippen LogP contribution in [0.25, 0.3) is 10.4 Å². The van der Waals surface area contributed by atoms with Gasteiger partial charge in [-0.15, -0.1) is 10.4 Å². The smallest absolute Gasteiger partial charge is 0.343 e. The Kier molecular flexibility index (Phi) is 4.38. The van der Waals surface area contributed by atoms with Crippen molar-refractivity contribution in [1.82, 2.24) is 4.83 Å². The molecule has 0 bridgehead atoms. The quantitative estimate of drug-likeness (QED) is 0.258. The molecule has 142 valence electrons. The van der Waals surface area contributed by atoms with Crippen LogP contribution in [0.2, 0.25) is 0 Å². The first-order valence-electron chi connectivity index (χ1n) is 6.81. The van der Waals surface area contributed by atoms with Gasteiger partial charge in [-0.1, -0.05) is 0 Å². The molecule has 0 amide bonds. The number of hydrogen-bond acceptors (Lipinski definition) is 11. The van der Waals surface area contributed by atoms with Crippen LogP contribution in [0.1, 0.15) is 13.8 Å². The van der Waals surface area contributed by atoms with Gasteiger partial charge in [-0.2, -0.15) is 21.7 Å². The fourth-order valence-electron chi connectivity index (χ4n) is 2.75. The van der Waals surface area contributed by atoms with E-state index in [9.17, 15) is 16.8 Å². The number of ether oxygens (including phenoxy) is 3. The Morgan fingerprint density at radius 2 is 2.12 bits per heavy atom. The second-order valence-electron chi connectivity index (χ2n) is 5.76. The maximum Gasteiger partial charge on any atom is 0.438 e. The molecule has 3 fully saturated rings. The molecule has 14 nitrogen and oxygen atoms in total. The lowest BCUT2D eigenvalue weighted by Gasteiger charge is -2.39. The Morgan fingerprint density at radius 3 is 2.80 bits per heavy atom. The van der Waals surface area contributed by atoms with Crippen molar-refractivity contribution < 1.29 is 43.6 Å². The van der Waals surface area contributed by atoms with E-state index in [1.165, 1.54) is 18.7 Å². The number of rotatable bonds is 5. The highest BCUT2D eigenvalue weighted by Crippen LogP contribution is 2.46. The fourth-order valence-corrected chi connectivity index (χ4v) is 4.27. The van der Waals surface area contributed by atoms with Crippen LogP contribution >= 0.6 is 0 Å². The summed E-state index contributed by atoms with van der Waals surface area (Å²) >= 11 is 0. The highest BCUT2D eigenvalue weighted by Gasteiger charge is 2.66. The molecule has 16 heteroatoms. The number of fused-ring (bicyclic) bond motifs is 3. The third-order valence-electron chi connectivity index (χ3n) is 3.50. The van der Waals surface area contributed by atoms with Crippen molar-refractivity contribution in [2.45, 2.75) is 43.7 Å². The van der Waals surface area contributed by atoms with Crippen LogP contribution in [-0.2, 0) is 47.5 Å². The maximum atomic E-state index is 11.6. The van der Waals surface area contributed by atoms with Gasteiger partial charge in [0.05, 0.1) is 6.61 Å². The largest absolute Gasteiger partial charge is 0.438 e. The summed E-state index contributed by atoms with van der Waals surface area (Å²) in [5, 5.41) is 2.67. The van der Waals surface area contributed by atoms with Crippen LogP contribution in [-0.4, -0.2) is 59.9 Å². The monoisotopic (exact) mass is 402 g/mol. The van der Waals surface area contributed by atoms with Crippen LogP contribution in [0, 0.1) is 0 Å². The topological polar surface area (TPSA) is 184 Å². The zero-order chi connectivity index (χ0) is 18.5. The van der Waals surface area contributed by atoms with Crippen molar-refractivity contribution in [1.29, 1.82) is 0 Å². The summed E-state index contributed by atoms with van der Waals surface area (Å²) in [6.45, 7) is 2.04. The zero-order valence-electron chi connectivity index (χ0n) is 12.9. The first-order valence-corrected chi connectivity index (χ1v) is 9.55. The summed E-state index contributed by atoms with van der Waals surface area (Å²) in [6, 6.07) is 0. The SMILES string of the molecule is CC1(C)O[C@H]2[C@@H]3OS(=O)(=O)O[C@@H]3CO[C@@]2(COS(=O)(=O)NN=[N+]=[N-])O1. The van der Waals surface area contributed by atoms with Crippen LogP contribution in [0.3, 0.4) is 0 Å². The molecule has 3 aliphatic rings. The predicted octanol–water partition coefficient (Wildman–Crippen LogP) is -1.03. The van der Waals surface area contributed by atoms with E-state index in [0.29, 0.717) is 0 Å². The second kappa shape index (κ2) is 5.90. The van der Waals surface area contributed by atoms with Crippen molar-refractivity contribution in [3.63, 3.8) is 0 Å².